The molecule has 0 fully saturated rings. The number of nitrogens with one attached hydrogen (secondary N) is 1. The highest BCUT2D eigenvalue weighted by molar-refractivity contribution is 7.11. The molecule has 0 spiro atoms. The van der Waals surface area contributed by atoms with Crippen molar-refractivity contribution in [3.63, 3.8) is 0 Å². The molecule has 4 rings (SSSR count). The fraction of sp³-hybridized carbons (Fsp3) is 0.333. The van der Waals surface area contributed by atoms with Crippen molar-refractivity contribution in [2.45, 2.75) is 38.0 Å². The third-order valence-electron chi connectivity index (χ3n) is 5.16. The van der Waals surface area contributed by atoms with Crippen molar-refractivity contribution < 1.29 is 9.90 Å². The molecule has 0 saturated carbocycles. The second-order valence-corrected chi connectivity index (χ2v) is 8.36. The molecule has 0 saturated heterocycles. The van der Waals surface area contributed by atoms with Crippen LogP contribution in [0.4, 0.5) is 5.82 Å². The van der Waals surface area contributed by atoms with Gasteiger partial charge in [0.15, 0.2) is 11.2 Å². The summed E-state index contributed by atoms with van der Waals surface area (Å²) in [7, 11) is 1.72. The van der Waals surface area contributed by atoms with E-state index in [0.29, 0.717) is 23.7 Å². The zero-order valence-electron chi connectivity index (χ0n) is 16.3. The Labute approximate surface area is 173 Å². The maximum atomic E-state index is 12.9. The van der Waals surface area contributed by atoms with Gasteiger partial charge in [0, 0.05) is 19.7 Å². The third-order valence-corrected chi connectivity index (χ3v) is 6.13. The molecule has 0 radical (unpaired) electrons. The first-order valence-electron chi connectivity index (χ1n) is 9.55. The van der Waals surface area contributed by atoms with Crippen molar-refractivity contribution in [1.29, 1.82) is 0 Å². The standard InChI is InChI=1S/C21H23N5O2S/c1-13-11-16(21(28)26(2)18-15(13)9-6-10-22-18)23-19(27)20-25-24-17(29-20)12-14-7-4-3-5-8-14/h3-10,13,16,19,23,27H,11-12H2,1-2H3/t13-,16+,19?/m0/s1. The fourth-order valence-electron chi connectivity index (χ4n) is 3.61. The molecule has 1 unspecified atom stereocenters. The molecular formula is C21H23N5O2S. The van der Waals surface area contributed by atoms with Crippen LogP contribution in [0.2, 0.25) is 0 Å². The van der Waals surface area contributed by atoms with Crippen molar-refractivity contribution in [1.82, 2.24) is 20.5 Å². The van der Waals surface area contributed by atoms with Gasteiger partial charge in [-0.15, -0.1) is 10.2 Å². The number of amides is 1. The Morgan fingerprint density at radius 2 is 2.03 bits per heavy atom. The molecule has 3 aromatic rings. The summed E-state index contributed by atoms with van der Waals surface area (Å²) < 4.78 is 0. The van der Waals surface area contributed by atoms with E-state index in [1.807, 2.05) is 42.5 Å². The number of carbonyl (C=O) groups excluding carboxylic acids is 1. The van der Waals surface area contributed by atoms with Gasteiger partial charge < -0.3 is 5.11 Å². The van der Waals surface area contributed by atoms with E-state index < -0.39 is 12.3 Å². The molecule has 150 valence electrons. The van der Waals surface area contributed by atoms with Crippen LogP contribution < -0.4 is 10.2 Å². The lowest BCUT2D eigenvalue weighted by Gasteiger charge is -2.23. The molecule has 1 amide bonds. The predicted molar refractivity (Wildman–Crippen MR) is 112 cm³/mol. The average Bonchev–Trinajstić information content (AvgIpc) is 3.18. The van der Waals surface area contributed by atoms with E-state index in [0.717, 1.165) is 16.1 Å². The summed E-state index contributed by atoms with van der Waals surface area (Å²) in [6, 6.07) is 13.3. The minimum atomic E-state index is -1.05. The molecule has 7 nitrogen and oxygen atoms in total. The Balaban J connectivity index is 1.47. The zero-order chi connectivity index (χ0) is 20.4. The summed E-state index contributed by atoms with van der Waals surface area (Å²) in [6.45, 7) is 2.07. The number of hydrogen-bond donors (Lipinski definition) is 2. The number of carbonyl (C=O) groups is 1. The van der Waals surface area contributed by atoms with Crippen molar-refractivity contribution >= 4 is 23.1 Å². The number of fused-ring (bicyclic) bond motifs is 1. The van der Waals surface area contributed by atoms with Crippen LogP contribution in [-0.4, -0.2) is 39.3 Å². The average molecular weight is 410 g/mol. The Kier molecular flexibility index (Phi) is 5.66. The van der Waals surface area contributed by atoms with Gasteiger partial charge in [-0.1, -0.05) is 54.7 Å². The maximum absolute atomic E-state index is 12.9. The highest BCUT2D eigenvalue weighted by Crippen LogP contribution is 2.33. The molecule has 8 heteroatoms. The molecule has 2 aromatic heterocycles. The monoisotopic (exact) mass is 409 g/mol. The van der Waals surface area contributed by atoms with E-state index in [-0.39, 0.29) is 11.8 Å². The molecule has 1 aliphatic rings. The number of nitrogens with zero attached hydrogens (tertiary/aromatic N) is 4. The maximum Gasteiger partial charge on any atom is 0.245 e. The number of benzene rings is 1. The lowest BCUT2D eigenvalue weighted by atomic mass is 9.95. The second-order valence-electron chi connectivity index (χ2n) is 7.27. The number of aliphatic hydroxyl groups excluding tert-OH is 1. The lowest BCUT2D eigenvalue weighted by molar-refractivity contribution is -0.121. The van der Waals surface area contributed by atoms with Gasteiger partial charge in [0.2, 0.25) is 5.91 Å². The number of pyridine rings is 1. The van der Waals surface area contributed by atoms with Gasteiger partial charge in [0.05, 0.1) is 6.04 Å². The number of likely N-dealkylation sites (N-methyl/N-ethyl adjacent to an activating group) is 1. The zero-order valence-corrected chi connectivity index (χ0v) is 17.1. The molecule has 1 aliphatic heterocycles. The Morgan fingerprint density at radius 3 is 2.83 bits per heavy atom. The first-order chi connectivity index (χ1) is 14.0. The van der Waals surface area contributed by atoms with E-state index >= 15 is 0 Å². The smallest absolute Gasteiger partial charge is 0.245 e. The fourth-order valence-corrected chi connectivity index (χ4v) is 4.44. The molecule has 0 bridgehead atoms. The number of anilines is 1. The summed E-state index contributed by atoms with van der Waals surface area (Å²) >= 11 is 1.35. The van der Waals surface area contributed by atoms with Crippen molar-refractivity contribution in [2.24, 2.45) is 0 Å². The van der Waals surface area contributed by atoms with Gasteiger partial charge >= 0.3 is 0 Å². The van der Waals surface area contributed by atoms with Gasteiger partial charge in [0.1, 0.15) is 10.8 Å². The third kappa shape index (κ3) is 4.19. The van der Waals surface area contributed by atoms with Crippen LogP contribution in [0.5, 0.6) is 0 Å². The number of hydrogen-bond acceptors (Lipinski definition) is 7. The minimum absolute atomic E-state index is 0.123. The Bertz CT molecular complexity index is 994. The highest BCUT2D eigenvalue weighted by atomic mass is 32.1. The van der Waals surface area contributed by atoms with Crippen LogP contribution in [-0.2, 0) is 11.2 Å². The molecule has 3 atom stereocenters. The molecular weight excluding hydrogens is 386 g/mol. The summed E-state index contributed by atoms with van der Waals surface area (Å²) in [6.07, 6.45) is 1.86. The summed E-state index contributed by atoms with van der Waals surface area (Å²) in [5.41, 5.74) is 2.17. The minimum Gasteiger partial charge on any atom is -0.372 e. The topological polar surface area (TPSA) is 91.2 Å². The first-order valence-corrected chi connectivity index (χ1v) is 10.4. The lowest BCUT2D eigenvalue weighted by Crippen LogP contribution is -2.46. The van der Waals surface area contributed by atoms with Crippen LogP contribution in [0.15, 0.2) is 48.7 Å². The number of aromatic nitrogens is 3. The molecule has 0 aliphatic carbocycles. The second kappa shape index (κ2) is 8.36. The van der Waals surface area contributed by atoms with Gasteiger partial charge in [-0.25, -0.2) is 4.98 Å². The summed E-state index contributed by atoms with van der Waals surface area (Å²) in [5.74, 6) is 0.674. The molecule has 29 heavy (non-hydrogen) atoms. The van der Waals surface area contributed by atoms with E-state index in [4.69, 9.17) is 0 Å². The van der Waals surface area contributed by atoms with Crippen molar-refractivity contribution in [3.05, 3.63) is 69.8 Å². The molecule has 3 heterocycles. The Hall–Kier alpha value is -2.68. The number of aliphatic hydroxyl groups is 1. The van der Waals surface area contributed by atoms with Gasteiger partial charge in [-0.05, 0) is 29.5 Å². The van der Waals surface area contributed by atoms with E-state index in [1.165, 1.54) is 11.3 Å². The van der Waals surface area contributed by atoms with Gasteiger partial charge in [0.25, 0.3) is 0 Å². The predicted octanol–water partition coefficient (Wildman–Crippen LogP) is 2.64. The Morgan fingerprint density at radius 1 is 1.24 bits per heavy atom. The summed E-state index contributed by atoms with van der Waals surface area (Å²) in [5, 5.41) is 23.3. The quantitative estimate of drug-likeness (QED) is 0.630. The van der Waals surface area contributed by atoms with Crippen molar-refractivity contribution in [3.8, 4) is 0 Å². The van der Waals surface area contributed by atoms with Crippen LogP contribution in [0.1, 0.15) is 46.6 Å². The van der Waals surface area contributed by atoms with E-state index in [1.54, 1.807) is 18.1 Å². The largest absolute Gasteiger partial charge is 0.372 e. The van der Waals surface area contributed by atoms with Crippen LogP contribution in [0, 0.1) is 0 Å². The van der Waals surface area contributed by atoms with E-state index in [2.05, 4.69) is 27.4 Å². The molecule has 2 N–H and O–H groups in total. The highest BCUT2D eigenvalue weighted by Gasteiger charge is 2.34. The SMILES string of the molecule is C[C@H]1C[C@@H](NC(O)c2nnc(Cc3ccccc3)s2)C(=O)N(C)c2ncccc21. The molecule has 1 aromatic carbocycles. The van der Waals surface area contributed by atoms with Gasteiger partial charge in [-0.2, -0.15) is 0 Å². The number of rotatable bonds is 5. The normalized spacial score (nSPS) is 20.2. The van der Waals surface area contributed by atoms with E-state index in [9.17, 15) is 9.90 Å². The summed E-state index contributed by atoms with van der Waals surface area (Å²) in [4.78, 5) is 18.9. The van der Waals surface area contributed by atoms with Crippen LogP contribution in [0.25, 0.3) is 0 Å². The first kappa shape index (κ1) is 19.6. The van der Waals surface area contributed by atoms with Gasteiger partial charge in [-0.3, -0.25) is 15.0 Å². The van der Waals surface area contributed by atoms with Crippen LogP contribution in [0.3, 0.4) is 0 Å². The van der Waals surface area contributed by atoms with Crippen molar-refractivity contribution in [2.75, 3.05) is 11.9 Å². The van der Waals surface area contributed by atoms with Crippen LogP contribution >= 0.6 is 11.3 Å².